The molecule has 1 aromatic rings. The van der Waals surface area contributed by atoms with Gasteiger partial charge in [0.25, 0.3) is 5.91 Å². The molecule has 4 nitrogen and oxygen atoms in total. The van der Waals surface area contributed by atoms with E-state index in [0.29, 0.717) is 35.3 Å². The second-order valence-corrected chi connectivity index (χ2v) is 5.79. The predicted octanol–water partition coefficient (Wildman–Crippen LogP) is 3.41. The number of amides is 1. The average molecular weight is 330 g/mol. The molecule has 0 aromatic heterocycles. The molecular weight excluding hydrogens is 313 g/mol. The van der Waals surface area contributed by atoms with Crippen LogP contribution in [0.2, 0.25) is 10.0 Å². The fourth-order valence-electron chi connectivity index (χ4n) is 2.43. The molecular formula is C15H17Cl2NO3. The Labute approximate surface area is 134 Å². The smallest absolute Gasteiger partial charge is 0.310 e. The summed E-state index contributed by atoms with van der Waals surface area (Å²) in [6.07, 6.45) is 1.54. The summed E-state index contributed by atoms with van der Waals surface area (Å²) in [5.41, 5.74) is 0.480. The Morgan fingerprint density at radius 2 is 2.10 bits per heavy atom. The lowest BCUT2D eigenvalue weighted by molar-refractivity contribution is -0.149. The van der Waals surface area contributed by atoms with Crippen LogP contribution in [-0.2, 0) is 9.53 Å². The Morgan fingerprint density at radius 3 is 2.76 bits per heavy atom. The minimum absolute atomic E-state index is 0.137. The van der Waals surface area contributed by atoms with Gasteiger partial charge in [0.15, 0.2) is 0 Å². The summed E-state index contributed by atoms with van der Waals surface area (Å²) in [7, 11) is 0. The van der Waals surface area contributed by atoms with Gasteiger partial charge in [0.2, 0.25) is 0 Å². The molecule has 0 bridgehead atoms. The molecule has 6 heteroatoms. The van der Waals surface area contributed by atoms with Gasteiger partial charge in [-0.25, -0.2) is 0 Å². The van der Waals surface area contributed by atoms with Crippen LogP contribution in [0.3, 0.4) is 0 Å². The van der Waals surface area contributed by atoms with Gasteiger partial charge in [-0.15, -0.1) is 0 Å². The molecule has 0 spiro atoms. The van der Waals surface area contributed by atoms with E-state index in [0.717, 1.165) is 12.8 Å². The fourth-order valence-corrected chi connectivity index (χ4v) is 2.72. The molecule has 1 aliphatic rings. The van der Waals surface area contributed by atoms with Crippen molar-refractivity contribution < 1.29 is 14.3 Å². The van der Waals surface area contributed by atoms with Crippen molar-refractivity contribution in [2.45, 2.75) is 19.8 Å². The first-order chi connectivity index (χ1) is 10.0. The summed E-state index contributed by atoms with van der Waals surface area (Å²) in [4.78, 5) is 25.9. The van der Waals surface area contributed by atoms with Crippen LogP contribution < -0.4 is 0 Å². The maximum atomic E-state index is 12.5. The van der Waals surface area contributed by atoms with E-state index in [-0.39, 0.29) is 17.8 Å². The number of ether oxygens (including phenoxy) is 1. The summed E-state index contributed by atoms with van der Waals surface area (Å²) >= 11 is 11.8. The first kappa shape index (κ1) is 16.1. The number of rotatable bonds is 3. The van der Waals surface area contributed by atoms with Crippen molar-refractivity contribution in [1.29, 1.82) is 0 Å². The second-order valence-electron chi connectivity index (χ2n) is 4.97. The normalized spacial score (nSPS) is 18.4. The van der Waals surface area contributed by atoms with Gasteiger partial charge < -0.3 is 9.64 Å². The third kappa shape index (κ3) is 3.89. The van der Waals surface area contributed by atoms with E-state index >= 15 is 0 Å². The largest absolute Gasteiger partial charge is 0.466 e. The van der Waals surface area contributed by atoms with Gasteiger partial charge >= 0.3 is 5.97 Å². The number of hydrogen-bond acceptors (Lipinski definition) is 3. The Morgan fingerprint density at radius 1 is 1.33 bits per heavy atom. The zero-order valence-electron chi connectivity index (χ0n) is 11.8. The van der Waals surface area contributed by atoms with Crippen molar-refractivity contribution in [3.63, 3.8) is 0 Å². The molecule has 1 atom stereocenters. The highest BCUT2D eigenvalue weighted by Crippen LogP contribution is 2.25. The lowest BCUT2D eigenvalue weighted by Gasteiger charge is -2.31. The van der Waals surface area contributed by atoms with Crippen LogP contribution in [0, 0.1) is 5.92 Å². The molecule has 1 amide bonds. The van der Waals surface area contributed by atoms with E-state index in [1.54, 1.807) is 30.0 Å². The molecule has 0 radical (unpaired) electrons. The molecule has 1 aromatic carbocycles. The molecule has 1 unspecified atom stereocenters. The van der Waals surface area contributed by atoms with Crippen LogP contribution >= 0.6 is 23.2 Å². The summed E-state index contributed by atoms with van der Waals surface area (Å²) < 4.78 is 5.03. The van der Waals surface area contributed by atoms with E-state index in [2.05, 4.69) is 0 Å². The number of nitrogens with zero attached hydrogens (tertiary/aromatic N) is 1. The highest BCUT2D eigenvalue weighted by atomic mass is 35.5. The standard InChI is InChI=1S/C15H17Cl2NO3/c1-2-21-15(20)11-4-3-7-18(9-11)14(19)10-5-6-12(16)13(17)8-10/h5-6,8,11H,2-4,7,9H2,1H3. The lowest BCUT2D eigenvalue weighted by atomic mass is 9.97. The van der Waals surface area contributed by atoms with Gasteiger partial charge in [0.1, 0.15) is 0 Å². The van der Waals surface area contributed by atoms with E-state index < -0.39 is 0 Å². The van der Waals surface area contributed by atoms with Gasteiger partial charge in [0.05, 0.1) is 22.6 Å². The topological polar surface area (TPSA) is 46.6 Å². The summed E-state index contributed by atoms with van der Waals surface area (Å²) in [6.45, 7) is 3.16. The minimum atomic E-state index is -0.245. The van der Waals surface area contributed by atoms with E-state index in [1.807, 2.05) is 0 Å². The number of halogens is 2. The number of piperidine rings is 1. The van der Waals surface area contributed by atoms with Crippen LogP contribution in [0.25, 0.3) is 0 Å². The SMILES string of the molecule is CCOC(=O)C1CCCN(C(=O)c2ccc(Cl)c(Cl)c2)C1. The maximum Gasteiger partial charge on any atom is 0.310 e. The molecule has 1 aliphatic heterocycles. The van der Waals surface area contributed by atoms with Gasteiger partial charge in [-0.3, -0.25) is 9.59 Å². The molecule has 0 N–H and O–H groups in total. The van der Waals surface area contributed by atoms with E-state index in [9.17, 15) is 9.59 Å². The Kier molecular flexibility index (Phi) is 5.48. The van der Waals surface area contributed by atoms with Crippen LogP contribution in [-0.4, -0.2) is 36.5 Å². The number of likely N-dealkylation sites (tertiary alicyclic amines) is 1. The van der Waals surface area contributed by atoms with E-state index in [4.69, 9.17) is 27.9 Å². The molecule has 1 heterocycles. The van der Waals surface area contributed by atoms with Crippen molar-refractivity contribution in [2.24, 2.45) is 5.92 Å². The first-order valence-corrected chi connectivity index (χ1v) is 7.69. The average Bonchev–Trinajstić information content (AvgIpc) is 2.49. The van der Waals surface area contributed by atoms with Crippen LogP contribution in [0.4, 0.5) is 0 Å². The highest BCUT2D eigenvalue weighted by molar-refractivity contribution is 6.42. The quantitative estimate of drug-likeness (QED) is 0.798. The fraction of sp³-hybridized carbons (Fsp3) is 0.467. The monoisotopic (exact) mass is 329 g/mol. The van der Waals surface area contributed by atoms with Crippen LogP contribution in [0.1, 0.15) is 30.1 Å². The van der Waals surface area contributed by atoms with Crippen molar-refractivity contribution in [1.82, 2.24) is 4.90 Å². The van der Waals surface area contributed by atoms with Crippen LogP contribution in [0.15, 0.2) is 18.2 Å². The Balaban J connectivity index is 2.08. The predicted molar refractivity (Wildman–Crippen MR) is 81.7 cm³/mol. The van der Waals surface area contributed by atoms with E-state index in [1.165, 1.54) is 0 Å². The zero-order valence-corrected chi connectivity index (χ0v) is 13.3. The van der Waals surface area contributed by atoms with Crippen molar-refractivity contribution >= 4 is 35.1 Å². The highest BCUT2D eigenvalue weighted by Gasteiger charge is 2.29. The molecule has 0 saturated carbocycles. The number of carbonyl (C=O) groups is 2. The molecule has 0 aliphatic carbocycles. The van der Waals surface area contributed by atoms with Crippen LogP contribution in [0.5, 0.6) is 0 Å². The minimum Gasteiger partial charge on any atom is -0.466 e. The summed E-state index contributed by atoms with van der Waals surface area (Å²) in [6, 6.07) is 4.80. The Bertz CT molecular complexity index is 548. The summed E-state index contributed by atoms with van der Waals surface area (Å²) in [5.74, 6) is -0.614. The molecule has 1 saturated heterocycles. The third-order valence-corrected chi connectivity index (χ3v) is 4.23. The second kappa shape index (κ2) is 7.14. The van der Waals surface area contributed by atoms with Gasteiger partial charge in [-0.2, -0.15) is 0 Å². The molecule has 114 valence electrons. The lowest BCUT2D eigenvalue weighted by Crippen LogP contribution is -2.42. The summed E-state index contributed by atoms with van der Waals surface area (Å²) in [5, 5.41) is 0.762. The van der Waals surface area contributed by atoms with Crippen molar-refractivity contribution in [2.75, 3.05) is 19.7 Å². The number of benzene rings is 1. The zero-order chi connectivity index (χ0) is 15.4. The number of carbonyl (C=O) groups excluding carboxylic acids is 2. The maximum absolute atomic E-state index is 12.5. The third-order valence-electron chi connectivity index (χ3n) is 3.50. The molecule has 1 fully saturated rings. The number of hydrogen-bond donors (Lipinski definition) is 0. The van der Waals surface area contributed by atoms with Crippen molar-refractivity contribution in [3.8, 4) is 0 Å². The first-order valence-electron chi connectivity index (χ1n) is 6.94. The van der Waals surface area contributed by atoms with Gasteiger partial charge in [-0.05, 0) is 38.0 Å². The Hall–Kier alpha value is -1.26. The molecule has 2 rings (SSSR count). The van der Waals surface area contributed by atoms with Crippen molar-refractivity contribution in [3.05, 3.63) is 33.8 Å². The number of esters is 1. The van der Waals surface area contributed by atoms with Gasteiger partial charge in [-0.1, -0.05) is 23.2 Å². The molecule has 21 heavy (non-hydrogen) atoms. The van der Waals surface area contributed by atoms with Gasteiger partial charge in [0, 0.05) is 18.7 Å².